The van der Waals surface area contributed by atoms with Crippen LogP contribution < -0.4 is 5.32 Å². The highest BCUT2D eigenvalue weighted by Gasteiger charge is 2.22. The Labute approximate surface area is 123 Å². The number of fused-ring (bicyclic) bond motifs is 1. The molecule has 1 amide bonds. The van der Waals surface area contributed by atoms with Crippen LogP contribution >= 0.6 is 11.3 Å². The number of hydrogen-bond donors (Lipinski definition) is 1. The normalized spacial score (nSPS) is 21.7. The van der Waals surface area contributed by atoms with E-state index in [-0.39, 0.29) is 12.0 Å². The van der Waals surface area contributed by atoms with Crippen molar-refractivity contribution in [3.05, 3.63) is 15.6 Å². The van der Waals surface area contributed by atoms with Gasteiger partial charge in [0.2, 0.25) is 5.91 Å². The molecule has 1 fully saturated rings. The Bertz CT molecular complexity index is 443. The minimum atomic E-state index is -0.206. The molecule has 0 spiro atoms. The quantitative estimate of drug-likeness (QED) is 0.847. The van der Waals surface area contributed by atoms with Gasteiger partial charge in [-0.15, -0.1) is 11.3 Å². The van der Waals surface area contributed by atoms with Crippen LogP contribution in [0.4, 0.5) is 0 Å². The molecule has 1 N–H and O–H groups in total. The van der Waals surface area contributed by atoms with E-state index in [9.17, 15) is 4.79 Å². The van der Waals surface area contributed by atoms with Gasteiger partial charge < -0.3 is 10.1 Å². The lowest BCUT2D eigenvalue weighted by molar-refractivity contribution is -0.130. The summed E-state index contributed by atoms with van der Waals surface area (Å²) in [4.78, 5) is 18.0. The zero-order valence-electron chi connectivity index (χ0n) is 11.8. The van der Waals surface area contributed by atoms with Crippen molar-refractivity contribution in [3.8, 4) is 0 Å². The summed E-state index contributed by atoms with van der Waals surface area (Å²) in [6, 6.07) is 0. The summed E-state index contributed by atoms with van der Waals surface area (Å²) in [6.45, 7) is 1.45. The number of carbonyl (C=O) groups excluding carboxylic acids is 1. The molecule has 2 heterocycles. The third-order valence-corrected chi connectivity index (χ3v) is 5.20. The van der Waals surface area contributed by atoms with Crippen LogP contribution in [0.1, 0.15) is 47.7 Å². The van der Waals surface area contributed by atoms with Gasteiger partial charge in [0.05, 0.1) is 10.7 Å². The molecule has 20 heavy (non-hydrogen) atoms. The first-order chi connectivity index (χ1) is 9.83. The Morgan fingerprint density at radius 1 is 1.35 bits per heavy atom. The van der Waals surface area contributed by atoms with Crippen molar-refractivity contribution in [3.63, 3.8) is 0 Å². The second-order valence-electron chi connectivity index (χ2n) is 5.58. The summed E-state index contributed by atoms with van der Waals surface area (Å²) < 4.78 is 5.36. The van der Waals surface area contributed by atoms with Crippen LogP contribution in [0.2, 0.25) is 0 Å². The second-order valence-corrected chi connectivity index (χ2v) is 6.75. The molecule has 1 saturated heterocycles. The molecule has 0 saturated carbocycles. The zero-order chi connectivity index (χ0) is 13.8. The number of rotatable bonds is 5. The summed E-state index contributed by atoms with van der Waals surface area (Å²) >= 11 is 1.87. The predicted octanol–water partition coefficient (Wildman–Crippen LogP) is 2.25. The summed E-state index contributed by atoms with van der Waals surface area (Å²) in [6.07, 6.45) is 8.56. The maximum absolute atomic E-state index is 11.8. The predicted molar refractivity (Wildman–Crippen MR) is 79.1 cm³/mol. The lowest BCUT2D eigenvalue weighted by atomic mass is 10.0. The van der Waals surface area contributed by atoms with Crippen LogP contribution in [0, 0.1) is 0 Å². The van der Waals surface area contributed by atoms with Crippen LogP contribution in [0.15, 0.2) is 0 Å². The molecule has 1 unspecified atom stereocenters. The Balaban J connectivity index is 1.39. The first kappa shape index (κ1) is 14.0. The van der Waals surface area contributed by atoms with Gasteiger partial charge in [-0.25, -0.2) is 4.98 Å². The summed E-state index contributed by atoms with van der Waals surface area (Å²) in [5.74, 6) is 0.0564. The van der Waals surface area contributed by atoms with Gasteiger partial charge in [0.15, 0.2) is 0 Å². The smallest absolute Gasteiger partial charge is 0.249 e. The van der Waals surface area contributed by atoms with E-state index in [1.54, 1.807) is 0 Å². The molecule has 1 aromatic rings. The van der Waals surface area contributed by atoms with Gasteiger partial charge in [0.25, 0.3) is 0 Å². The lowest BCUT2D eigenvalue weighted by Gasteiger charge is -2.09. The number of carbonyl (C=O) groups is 1. The first-order valence-corrected chi connectivity index (χ1v) is 8.51. The highest BCUT2D eigenvalue weighted by atomic mass is 32.1. The van der Waals surface area contributed by atoms with Gasteiger partial charge in [-0.05, 0) is 44.9 Å². The molecule has 110 valence electrons. The molecular formula is C15H22N2O2S. The molecule has 0 bridgehead atoms. The molecule has 1 aliphatic carbocycles. The number of amides is 1. The molecule has 3 rings (SSSR count). The molecule has 4 nitrogen and oxygen atoms in total. The number of aromatic nitrogens is 1. The van der Waals surface area contributed by atoms with E-state index < -0.39 is 0 Å². The third kappa shape index (κ3) is 3.38. The van der Waals surface area contributed by atoms with Crippen molar-refractivity contribution < 1.29 is 9.53 Å². The molecule has 0 aromatic carbocycles. The fraction of sp³-hybridized carbons (Fsp3) is 0.733. The summed E-state index contributed by atoms with van der Waals surface area (Å²) in [5, 5.41) is 4.21. The lowest BCUT2D eigenvalue weighted by Crippen LogP contribution is -2.34. The minimum absolute atomic E-state index is 0.0564. The maximum Gasteiger partial charge on any atom is 0.249 e. The standard InChI is InChI=1S/C15H22N2O2S/c18-15(12-6-4-10-19-12)16-9-3-8-14-17-11-5-1-2-7-13(11)20-14/h12H,1-10H2,(H,16,18). The van der Waals surface area contributed by atoms with Gasteiger partial charge in [-0.1, -0.05) is 0 Å². The van der Waals surface area contributed by atoms with Gasteiger partial charge >= 0.3 is 0 Å². The summed E-state index contributed by atoms with van der Waals surface area (Å²) in [7, 11) is 0. The van der Waals surface area contributed by atoms with E-state index in [2.05, 4.69) is 5.32 Å². The van der Waals surface area contributed by atoms with Crippen molar-refractivity contribution in [1.82, 2.24) is 10.3 Å². The Morgan fingerprint density at radius 3 is 3.05 bits per heavy atom. The van der Waals surface area contributed by atoms with Gasteiger partial charge in [-0.3, -0.25) is 4.79 Å². The molecule has 2 aliphatic rings. The van der Waals surface area contributed by atoms with Crippen LogP contribution in [0.5, 0.6) is 0 Å². The van der Waals surface area contributed by atoms with E-state index in [4.69, 9.17) is 9.72 Å². The molecule has 1 aliphatic heterocycles. The third-order valence-electron chi connectivity index (χ3n) is 3.98. The van der Waals surface area contributed by atoms with Crippen molar-refractivity contribution in [2.24, 2.45) is 0 Å². The number of nitrogens with zero attached hydrogens (tertiary/aromatic N) is 1. The van der Waals surface area contributed by atoms with Crippen molar-refractivity contribution in [2.45, 2.75) is 57.5 Å². The fourth-order valence-electron chi connectivity index (χ4n) is 2.86. The number of thiazole rings is 1. The molecule has 1 aromatic heterocycles. The molecular weight excluding hydrogens is 272 g/mol. The van der Waals surface area contributed by atoms with Crippen LogP contribution in [0.3, 0.4) is 0 Å². The zero-order valence-corrected chi connectivity index (χ0v) is 12.6. The van der Waals surface area contributed by atoms with E-state index in [1.165, 1.54) is 34.8 Å². The highest BCUT2D eigenvalue weighted by molar-refractivity contribution is 7.11. The highest BCUT2D eigenvalue weighted by Crippen LogP contribution is 2.27. The average Bonchev–Trinajstić information content (AvgIpc) is 3.11. The van der Waals surface area contributed by atoms with Crippen LogP contribution in [-0.4, -0.2) is 30.1 Å². The van der Waals surface area contributed by atoms with Crippen molar-refractivity contribution in [2.75, 3.05) is 13.2 Å². The number of aryl methyl sites for hydroxylation is 3. The first-order valence-electron chi connectivity index (χ1n) is 7.70. The van der Waals surface area contributed by atoms with Crippen molar-refractivity contribution in [1.29, 1.82) is 0 Å². The monoisotopic (exact) mass is 294 g/mol. The SMILES string of the molecule is O=C(NCCCc1nc2c(s1)CCCC2)C1CCCO1. The average molecular weight is 294 g/mol. The molecule has 0 radical (unpaired) electrons. The largest absolute Gasteiger partial charge is 0.368 e. The number of hydrogen-bond acceptors (Lipinski definition) is 4. The van der Waals surface area contributed by atoms with E-state index in [0.29, 0.717) is 0 Å². The Morgan fingerprint density at radius 2 is 2.25 bits per heavy atom. The maximum atomic E-state index is 11.8. The van der Waals surface area contributed by atoms with Crippen molar-refractivity contribution >= 4 is 17.2 Å². The Kier molecular flexibility index (Phi) is 4.68. The molecule has 1 atom stereocenters. The number of ether oxygens (including phenoxy) is 1. The van der Waals surface area contributed by atoms with E-state index >= 15 is 0 Å². The van der Waals surface area contributed by atoms with Gasteiger partial charge in [0, 0.05) is 24.4 Å². The van der Waals surface area contributed by atoms with Crippen LogP contribution in [0.25, 0.3) is 0 Å². The van der Waals surface area contributed by atoms with Gasteiger partial charge in [0.1, 0.15) is 6.10 Å². The Hall–Kier alpha value is -0.940. The van der Waals surface area contributed by atoms with E-state index in [1.807, 2.05) is 11.3 Å². The van der Waals surface area contributed by atoms with Gasteiger partial charge in [-0.2, -0.15) is 0 Å². The topological polar surface area (TPSA) is 51.2 Å². The minimum Gasteiger partial charge on any atom is -0.368 e. The number of nitrogens with one attached hydrogen (secondary N) is 1. The fourth-order valence-corrected chi connectivity index (χ4v) is 4.06. The second kappa shape index (κ2) is 6.68. The van der Waals surface area contributed by atoms with Crippen LogP contribution in [-0.2, 0) is 28.8 Å². The van der Waals surface area contributed by atoms with E-state index in [0.717, 1.165) is 45.3 Å². The molecule has 5 heteroatoms. The summed E-state index contributed by atoms with van der Waals surface area (Å²) in [5.41, 5.74) is 1.33.